The Morgan fingerprint density at radius 2 is 1.94 bits per heavy atom. The standard InChI is InChI=1S/C10H8F3NO3/c11-10(12,13)17-7-3-1-6(2-4-7)8-5-16-9(15)14-8/h1-4,8H,5H2,(H,14,15)/t8-/m0/s1. The highest BCUT2D eigenvalue weighted by molar-refractivity contribution is 5.70. The number of nitrogens with one attached hydrogen (secondary N) is 1. The van der Waals surface area contributed by atoms with Crippen LogP contribution in [0.25, 0.3) is 0 Å². The number of ether oxygens (including phenoxy) is 2. The Bertz CT molecular complexity index is 416. The number of amides is 1. The van der Waals surface area contributed by atoms with Crippen LogP contribution in [-0.2, 0) is 4.74 Å². The smallest absolute Gasteiger partial charge is 0.447 e. The summed E-state index contributed by atoms with van der Waals surface area (Å²) in [6.07, 6.45) is -5.24. The summed E-state index contributed by atoms with van der Waals surface area (Å²) in [5.74, 6) is -0.300. The molecular weight excluding hydrogens is 239 g/mol. The lowest BCUT2D eigenvalue weighted by atomic mass is 10.1. The molecule has 1 aliphatic heterocycles. The van der Waals surface area contributed by atoms with E-state index in [-0.39, 0.29) is 18.4 Å². The summed E-state index contributed by atoms with van der Waals surface area (Å²) in [6.45, 7) is 0.165. The average Bonchev–Trinajstić information content (AvgIpc) is 2.63. The average molecular weight is 247 g/mol. The van der Waals surface area contributed by atoms with Crippen molar-refractivity contribution in [2.75, 3.05) is 6.61 Å². The van der Waals surface area contributed by atoms with Crippen LogP contribution in [0.4, 0.5) is 18.0 Å². The summed E-state index contributed by atoms with van der Waals surface area (Å²) in [4.78, 5) is 10.8. The molecule has 1 amide bonds. The van der Waals surface area contributed by atoms with Crippen molar-refractivity contribution in [3.05, 3.63) is 29.8 Å². The summed E-state index contributed by atoms with van der Waals surface area (Å²) in [6, 6.07) is 4.93. The van der Waals surface area contributed by atoms with Gasteiger partial charge in [0, 0.05) is 0 Å². The molecule has 1 N–H and O–H groups in total. The fourth-order valence-electron chi connectivity index (χ4n) is 1.47. The summed E-state index contributed by atoms with van der Waals surface area (Å²) >= 11 is 0. The molecule has 1 heterocycles. The second kappa shape index (κ2) is 4.15. The second-order valence-corrected chi connectivity index (χ2v) is 3.41. The predicted molar refractivity (Wildman–Crippen MR) is 50.3 cm³/mol. The maximum atomic E-state index is 11.9. The Balaban J connectivity index is 2.05. The molecule has 1 atom stereocenters. The van der Waals surface area contributed by atoms with Crippen molar-refractivity contribution >= 4 is 6.09 Å². The predicted octanol–water partition coefficient (Wildman–Crippen LogP) is 2.37. The molecule has 4 nitrogen and oxygen atoms in total. The number of alkyl halides is 3. The third kappa shape index (κ3) is 3.02. The van der Waals surface area contributed by atoms with Crippen LogP contribution in [0.5, 0.6) is 5.75 Å². The van der Waals surface area contributed by atoms with Crippen LogP contribution in [0.1, 0.15) is 11.6 Å². The van der Waals surface area contributed by atoms with Crippen LogP contribution in [0.15, 0.2) is 24.3 Å². The lowest BCUT2D eigenvalue weighted by Gasteiger charge is -2.11. The number of carbonyl (C=O) groups excluding carboxylic acids is 1. The Kier molecular flexibility index (Phi) is 2.83. The zero-order chi connectivity index (χ0) is 12.5. The number of rotatable bonds is 2. The van der Waals surface area contributed by atoms with Gasteiger partial charge in [0.15, 0.2) is 0 Å². The van der Waals surface area contributed by atoms with Gasteiger partial charge in [0.05, 0.1) is 6.04 Å². The molecule has 1 fully saturated rings. The van der Waals surface area contributed by atoms with Crippen molar-refractivity contribution in [2.24, 2.45) is 0 Å². The van der Waals surface area contributed by atoms with Crippen LogP contribution in [0, 0.1) is 0 Å². The number of alkyl carbamates (subject to hydrolysis) is 1. The van der Waals surface area contributed by atoms with E-state index in [1.54, 1.807) is 0 Å². The van der Waals surface area contributed by atoms with E-state index in [0.717, 1.165) is 0 Å². The lowest BCUT2D eigenvalue weighted by Crippen LogP contribution is -2.19. The number of hydrogen-bond donors (Lipinski definition) is 1. The molecule has 17 heavy (non-hydrogen) atoms. The van der Waals surface area contributed by atoms with Crippen LogP contribution in [-0.4, -0.2) is 19.1 Å². The Labute approximate surface area is 94.3 Å². The van der Waals surface area contributed by atoms with Crippen LogP contribution < -0.4 is 10.1 Å². The molecule has 0 aromatic heterocycles. The Hall–Kier alpha value is -1.92. The van der Waals surface area contributed by atoms with Crippen molar-refractivity contribution in [3.8, 4) is 5.75 Å². The molecule has 92 valence electrons. The summed E-state index contributed by atoms with van der Waals surface area (Å²) < 4.78 is 44.1. The summed E-state index contributed by atoms with van der Waals surface area (Å²) in [5, 5.41) is 2.51. The molecule has 0 spiro atoms. The van der Waals surface area contributed by atoms with Crippen molar-refractivity contribution in [3.63, 3.8) is 0 Å². The first-order chi connectivity index (χ1) is 7.94. The molecule has 1 aliphatic rings. The minimum absolute atomic E-state index is 0.165. The number of carbonyl (C=O) groups is 1. The van der Waals surface area contributed by atoms with Gasteiger partial charge in [-0.3, -0.25) is 0 Å². The minimum Gasteiger partial charge on any atom is -0.447 e. The molecule has 0 bridgehead atoms. The van der Waals surface area contributed by atoms with Crippen LogP contribution in [0.3, 0.4) is 0 Å². The van der Waals surface area contributed by atoms with Gasteiger partial charge >= 0.3 is 12.5 Å². The van der Waals surface area contributed by atoms with Crippen molar-refractivity contribution in [1.82, 2.24) is 5.32 Å². The molecular formula is C10H8F3NO3. The topological polar surface area (TPSA) is 47.6 Å². The third-order valence-electron chi connectivity index (χ3n) is 2.19. The summed E-state index contributed by atoms with van der Waals surface area (Å²) in [5.41, 5.74) is 0.658. The molecule has 2 rings (SSSR count). The van der Waals surface area contributed by atoms with Gasteiger partial charge in [-0.1, -0.05) is 12.1 Å². The van der Waals surface area contributed by atoms with Gasteiger partial charge in [0.1, 0.15) is 12.4 Å². The Morgan fingerprint density at radius 1 is 1.29 bits per heavy atom. The normalized spacial score (nSPS) is 19.7. The molecule has 1 saturated heterocycles. The van der Waals surface area contributed by atoms with Crippen molar-refractivity contribution in [1.29, 1.82) is 0 Å². The van der Waals surface area contributed by atoms with Gasteiger partial charge in [-0.05, 0) is 17.7 Å². The number of cyclic esters (lactones) is 1. The van der Waals surface area contributed by atoms with E-state index < -0.39 is 12.5 Å². The first-order valence-electron chi connectivity index (χ1n) is 4.73. The van der Waals surface area contributed by atoms with Crippen molar-refractivity contribution < 1.29 is 27.4 Å². The second-order valence-electron chi connectivity index (χ2n) is 3.41. The fraction of sp³-hybridized carbons (Fsp3) is 0.300. The van der Waals surface area contributed by atoms with E-state index in [1.165, 1.54) is 24.3 Å². The number of halogens is 3. The van der Waals surface area contributed by atoms with E-state index in [2.05, 4.69) is 14.8 Å². The largest absolute Gasteiger partial charge is 0.573 e. The third-order valence-corrected chi connectivity index (χ3v) is 2.19. The Morgan fingerprint density at radius 3 is 2.41 bits per heavy atom. The molecule has 1 aromatic rings. The molecule has 0 unspecified atom stereocenters. The minimum atomic E-state index is -4.70. The van der Waals surface area contributed by atoms with Crippen molar-refractivity contribution in [2.45, 2.75) is 12.4 Å². The highest BCUT2D eigenvalue weighted by Gasteiger charge is 2.31. The highest BCUT2D eigenvalue weighted by Crippen LogP contribution is 2.25. The monoisotopic (exact) mass is 247 g/mol. The quantitative estimate of drug-likeness (QED) is 0.872. The first kappa shape index (κ1) is 11.6. The number of benzene rings is 1. The highest BCUT2D eigenvalue weighted by atomic mass is 19.4. The summed E-state index contributed by atoms with van der Waals surface area (Å²) in [7, 11) is 0. The van der Waals surface area contributed by atoms with E-state index in [9.17, 15) is 18.0 Å². The van der Waals surface area contributed by atoms with Gasteiger partial charge in [0.25, 0.3) is 0 Å². The van der Waals surface area contributed by atoms with Crippen LogP contribution >= 0.6 is 0 Å². The molecule has 0 aliphatic carbocycles. The molecule has 0 radical (unpaired) electrons. The fourth-order valence-corrected chi connectivity index (χ4v) is 1.47. The zero-order valence-electron chi connectivity index (χ0n) is 8.45. The van der Waals surface area contributed by atoms with Gasteiger partial charge in [-0.25, -0.2) is 4.79 Å². The van der Waals surface area contributed by atoms with E-state index in [0.29, 0.717) is 5.56 Å². The first-order valence-corrected chi connectivity index (χ1v) is 4.73. The maximum absolute atomic E-state index is 11.9. The van der Waals surface area contributed by atoms with Gasteiger partial charge < -0.3 is 14.8 Å². The zero-order valence-corrected chi connectivity index (χ0v) is 8.45. The SMILES string of the molecule is O=C1N[C@H](c2ccc(OC(F)(F)F)cc2)CO1. The van der Waals surface area contributed by atoms with E-state index in [1.807, 2.05) is 0 Å². The maximum Gasteiger partial charge on any atom is 0.573 e. The van der Waals surface area contributed by atoms with E-state index in [4.69, 9.17) is 0 Å². The van der Waals surface area contributed by atoms with Gasteiger partial charge in [-0.2, -0.15) is 0 Å². The van der Waals surface area contributed by atoms with Crippen LogP contribution in [0.2, 0.25) is 0 Å². The number of hydrogen-bond acceptors (Lipinski definition) is 3. The molecule has 1 aromatic carbocycles. The van der Waals surface area contributed by atoms with E-state index >= 15 is 0 Å². The lowest BCUT2D eigenvalue weighted by molar-refractivity contribution is -0.274. The van der Waals surface area contributed by atoms with Gasteiger partial charge in [0.2, 0.25) is 0 Å². The molecule has 0 saturated carbocycles. The van der Waals surface area contributed by atoms with Gasteiger partial charge in [-0.15, -0.1) is 13.2 Å². The molecule has 7 heteroatoms.